The van der Waals surface area contributed by atoms with Gasteiger partial charge in [0.05, 0.1) is 6.54 Å². The van der Waals surface area contributed by atoms with Crippen LogP contribution < -0.4 is 10.6 Å². The number of carbonyl (C=O) groups is 3. The number of aromatic nitrogens is 2. The van der Waals surface area contributed by atoms with Crippen molar-refractivity contribution in [3.8, 4) is 0 Å². The lowest BCUT2D eigenvalue weighted by Gasteiger charge is -2.40. The molecule has 1 aromatic heterocycles. The molecule has 1 aliphatic rings. The van der Waals surface area contributed by atoms with Gasteiger partial charge in [-0.1, -0.05) is 59.7 Å². The molecule has 0 radical (unpaired) electrons. The van der Waals surface area contributed by atoms with Crippen molar-refractivity contribution in [1.29, 1.82) is 0 Å². The van der Waals surface area contributed by atoms with Crippen LogP contribution in [0.15, 0.2) is 54.6 Å². The SMILES string of the molecule is Cc1ccc(CNC(=O)[C@@]2(C)Cn3nc(C(=O)NCc4cccc(C)c4)cc3C(=O)N2C)cc1. The van der Waals surface area contributed by atoms with Crippen LogP contribution in [0.3, 0.4) is 0 Å². The number of benzene rings is 2. The van der Waals surface area contributed by atoms with Gasteiger partial charge in [-0.15, -0.1) is 0 Å². The van der Waals surface area contributed by atoms with Gasteiger partial charge in [-0.2, -0.15) is 5.10 Å². The van der Waals surface area contributed by atoms with Crippen LogP contribution in [0.5, 0.6) is 0 Å². The minimum atomic E-state index is -1.14. The molecule has 0 aliphatic carbocycles. The van der Waals surface area contributed by atoms with E-state index in [1.54, 1.807) is 14.0 Å². The first-order valence-electron chi connectivity index (χ1n) is 11.2. The molecule has 0 unspecified atom stereocenters. The summed E-state index contributed by atoms with van der Waals surface area (Å²) < 4.78 is 1.45. The molecular weight excluding hydrogens is 430 g/mol. The number of amides is 3. The van der Waals surface area contributed by atoms with E-state index >= 15 is 0 Å². The van der Waals surface area contributed by atoms with Crippen LogP contribution in [0, 0.1) is 13.8 Å². The molecular formula is C26H29N5O3. The van der Waals surface area contributed by atoms with Crippen LogP contribution in [0.2, 0.25) is 0 Å². The highest BCUT2D eigenvalue weighted by Crippen LogP contribution is 2.26. The summed E-state index contributed by atoms with van der Waals surface area (Å²) in [6.07, 6.45) is 0. The zero-order chi connectivity index (χ0) is 24.5. The Hall–Kier alpha value is -3.94. The number of nitrogens with one attached hydrogen (secondary N) is 2. The smallest absolute Gasteiger partial charge is 0.272 e. The summed E-state index contributed by atoms with van der Waals surface area (Å²) >= 11 is 0. The lowest BCUT2D eigenvalue weighted by Crippen LogP contribution is -2.62. The Bertz CT molecular complexity index is 1250. The molecule has 8 nitrogen and oxygen atoms in total. The van der Waals surface area contributed by atoms with Crippen molar-refractivity contribution in [2.24, 2.45) is 0 Å². The summed E-state index contributed by atoms with van der Waals surface area (Å²) in [6, 6.07) is 17.2. The van der Waals surface area contributed by atoms with Gasteiger partial charge in [0.1, 0.15) is 11.2 Å². The number of fused-ring (bicyclic) bond motifs is 1. The van der Waals surface area contributed by atoms with Crippen molar-refractivity contribution in [2.45, 2.75) is 45.9 Å². The standard InChI is InChI=1S/C26H29N5O3/c1-17-8-10-19(11-9-17)14-28-25(34)26(3)16-31-22(24(33)30(26)4)13-21(29-31)23(32)27-15-20-7-5-6-18(2)12-20/h5-13H,14-16H2,1-4H3,(H,27,32)(H,28,34)/t26-/m1/s1. The third kappa shape index (κ3) is 4.57. The zero-order valence-electron chi connectivity index (χ0n) is 19.9. The zero-order valence-corrected chi connectivity index (χ0v) is 19.9. The maximum absolute atomic E-state index is 13.1. The maximum Gasteiger partial charge on any atom is 0.272 e. The molecule has 0 bridgehead atoms. The quantitative estimate of drug-likeness (QED) is 0.592. The summed E-state index contributed by atoms with van der Waals surface area (Å²) in [5.41, 5.74) is 3.49. The first kappa shape index (κ1) is 23.2. The Morgan fingerprint density at radius 1 is 0.971 bits per heavy atom. The number of hydrogen-bond acceptors (Lipinski definition) is 4. The van der Waals surface area contributed by atoms with Gasteiger partial charge < -0.3 is 15.5 Å². The minimum absolute atomic E-state index is 0.147. The molecule has 0 fully saturated rings. The van der Waals surface area contributed by atoms with E-state index in [2.05, 4.69) is 15.7 Å². The van der Waals surface area contributed by atoms with E-state index in [1.807, 2.05) is 62.4 Å². The second kappa shape index (κ2) is 9.13. The molecule has 3 aromatic rings. The number of likely N-dealkylation sites (N-methyl/N-ethyl adjacent to an activating group) is 1. The average Bonchev–Trinajstić information content (AvgIpc) is 3.24. The topological polar surface area (TPSA) is 96.3 Å². The van der Waals surface area contributed by atoms with Crippen molar-refractivity contribution in [3.63, 3.8) is 0 Å². The van der Waals surface area contributed by atoms with Gasteiger partial charge in [-0.3, -0.25) is 19.1 Å². The largest absolute Gasteiger partial charge is 0.350 e. The Balaban J connectivity index is 1.46. The number of rotatable bonds is 6. The summed E-state index contributed by atoms with van der Waals surface area (Å²) in [5, 5.41) is 10.1. The third-order valence-corrected chi connectivity index (χ3v) is 6.33. The molecule has 2 heterocycles. The van der Waals surface area contributed by atoms with Crippen LogP contribution >= 0.6 is 0 Å². The Kier molecular flexibility index (Phi) is 6.24. The van der Waals surface area contributed by atoms with Crippen LogP contribution in [-0.4, -0.2) is 45.0 Å². The minimum Gasteiger partial charge on any atom is -0.350 e. The van der Waals surface area contributed by atoms with Gasteiger partial charge in [-0.05, 0) is 31.9 Å². The van der Waals surface area contributed by atoms with Gasteiger partial charge in [0.2, 0.25) is 5.91 Å². The first-order valence-corrected chi connectivity index (χ1v) is 11.2. The average molecular weight is 460 g/mol. The molecule has 2 aromatic carbocycles. The van der Waals surface area contributed by atoms with E-state index in [0.717, 1.165) is 22.3 Å². The second-order valence-corrected chi connectivity index (χ2v) is 9.05. The molecule has 0 spiro atoms. The van der Waals surface area contributed by atoms with E-state index in [0.29, 0.717) is 13.1 Å². The fourth-order valence-corrected chi connectivity index (χ4v) is 4.01. The highest BCUT2D eigenvalue weighted by atomic mass is 16.2. The molecule has 1 atom stereocenters. The van der Waals surface area contributed by atoms with E-state index in [4.69, 9.17) is 0 Å². The number of carbonyl (C=O) groups excluding carboxylic acids is 3. The Morgan fingerprint density at radius 2 is 1.68 bits per heavy atom. The normalized spacial score (nSPS) is 17.3. The van der Waals surface area contributed by atoms with Gasteiger partial charge in [0.15, 0.2) is 5.69 Å². The van der Waals surface area contributed by atoms with Crippen LogP contribution in [0.1, 0.15) is 50.2 Å². The summed E-state index contributed by atoms with van der Waals surface area (Å²) in [5.74, 6) is -1.01. The van der Waals surface area contributed by atoms with Crippen LogP contribution in [0.25, 0.3) is 0 Å². The number of aryl methyl sites for hydroxylation is 2. The third-order valence-electron chi connectivity index (χ3n) is 6.33. The van der Waals surface area contributed by atoms with Crippen LogP contribution in [0.4, 0.5) is 0 Å². The van der Waals surface area contributed by atoms with Crippen molar-refractivity contribution >= 4 is 17.7 Å². The van der Waals surface area contributed by atoms with Gasteiger partial charge in [0, 0.05) is 26.2 Å². The fourth-order valence-electron chi connectivity index (χ4n) is 4.01. The highest BCUT2D eigenvalue weighted by Gasteiger charge is 2.46. The van der Waals surface area contributed by atoms with E-state index in [-0.39, 0.29) is 35.7 Å². The van der Waals surface area contributed by atoms with E-state index in [1.165, 1.54) is 15.6 Å². The lowest BCUT2D eigenvalue weighted by molar-refractivity contribution is -0.132. The predicted molar refractivity (Wildman–Crippen MR) is 128 cm³/mol. The van der Waals surface area contributed by atoms with Crippen LogP contribution in [-0.2, 0) is 24.4 Å². The molecule has 0 saturated carbocycles. The monoisotopic (exact) mass is 459 g/mol. The maximum atomic E-state index is 13.1. The van der Waals surface area contributed by atoms with E-state index in [9.17, 15) is 14.4 Å². The molecule has 3 amide bonds. The van der Waals surface area contributed by atoms with Crippen molar-refractivity contribution in [3.05, 3.63) is 88.2 Å². The predicted octanol–water partition coefficient (Wildman–Crippen LogP) is 2.59. The van der Waals surface area contributed by atoms with E-state index < -0.39 is 5.54 Å². The van der Waals surface area contributed by atoms with Gasteiger partial charge in [0.25, 0.3) is 11.8 Å². The first-order chi connectivity index (χ1) is 16.2. The Labute approximate surface area is 199 Å². The molecule has 1 aliphatic heterocycles. The molecule has 34 heavy (non-hydrogen) atoms. The summed E-state index contributed by atoms with van der Waals surface area (Å²) in [4.78, 5) is 40.3. The highest BCUT2D eigenvalue weighted by molar-refractivity contribution is 6.01. The lowest BCUT2D eigenvalue weighted by atomic mass is 9.95. The fraction of sp³-hybridized carbons (Fsp3) is 0.308. The van der Waals surface area contributed by atoms with Crippen molar-refractivity contribution in [2.75, 3.05) is 7.05 Å². The summed E-state index contributed by atoms with van der Waals surface area (Å²) in [7, 11) is 1.60. The van der Waals surface area contributed by atoms with Gasteiger partial charge >= 0.3 is 0 Å². The molecule has 8 heteroatoms. The summed E-state index contributed by atoms with van der Waals surface area (Å²) in [6.45, 7) is 6.56. The molecule has 2 N–H and O–H groups in total. The number of nitrogens with zero attached hydrogens (tertiary/aromatic N) is 3. The second-order valence-electron chi connectivity index (χ2n) is 9.05. The molecule has 4 rings (SSSR count). The molecule has 176 valence electrons. The Morgan fingerprint density at radius 3 is 2.38 bits per heavy atom. The number of hydrogen-bond donors (Lipinski definition) is 2. The van der Waals surface area contributed by atoms with Crippen molar-refractivity contribution < 1.29 is 14.4 Å². The van der Waals surface area contributed by atoms with Gasteiger partial charge in [-0.25, -0.2) is 0 Å². The van der Waals surface area contributed by atoms with Crippen molar-refractivity contribution in [1.82, 2.24) is 25.3 Å². The molecule has 0 saturated heterocycles.